The molecule has 0 spiro atoms. The molecule has 3 heterocycles. The molecule has 0 saturated carbocycles. The van der Waals surface area contributed by atoms with E-state index in [1.807, 2.05) is 24.3 Å². The largest absolute Gasteiger partial charge is 0.462 e. The minimum absolute atomic E-state index is 0.0349. The molecule has 0 fully saturated rings. The van der Waals surface area contributed by atoms with Gasteiger partial charge in [0.15, 0.2) is 0 Å². The van der Waals surface area contributed by atoms with Gasteiger partial charge in [0.05, 0.1) is 12.1 Å². The van der Waals surface area contributed by atoms with E-state index in [0.717, 1.165) is 21.2 Å². The van der Waals surface area contributed by atoms with Gasteiger partial charge in [-0.3, -0.25) is 14.2 Å². The number of halogens is 1. The maximum Gasteiger partial charge on any atom is 0.343 e. The average molecular weight is 387 g/mol. The van der Waals surface area contributed by atoms with Crippen LogP contribution in [0, 0.1) is 0 Å². The smallest absolute Gasteiger partial charge is 0.343 e. The standard InChI is InChI=1S/C18H15BrN2O3/c1-2-24-18(23)15-10-12(9-14-7-6-13(19)11-20-14)16-5-3-4-8-21(16)17(15)22/h3-8,10-11H,2,9H2,1H3. The number of carbonyl (C=O) groups excluding carboxylic acids is 1. The predicted molar refractivity (Wildman–Crippen MR) is 94.4 cm³/mol. The highest BCUT2D eigenvalue weighted by Gasteiger charge is 2.16. The van der Waals surface area contributed by atoms with Crippen LogP contribution in [0.2, 0.25) is 0 Å². The van der Waals surface area contributed by atoms with E-state index in [4.69, 9.17) is 4.74 Å². The summed E-state index contributed by atoms with van der Waals surface area (Å²) >= 11 is 3.36. The monoisotopic (exact) mass is 386 g/mol. The van der Waals surface area contributed by atoms with Crippen LogP contribution in [-0.4, -0.2) is 22.0 Å². The van der Waals surface area contributed by atoms with Gasteiger partial charge < -0.3 is 4.74 Å². The summed E-state index contributed by atoms with van der Waals surface area (Å²) in [7, 11) is 0. The fourth-order valence-corrected chi connectivity index (χ4v) is 2.76. The van der Waals surface area contributed by atoms with Crippen molar-refractivity contribution in [3.8, 4) is 0 Å². The summed E-state index contributed by atoms with van der Waals surface area (Å²) in [6.45, 7) is 1.93. The van der Waals surface area contributed by atoms with Crippen LogP contribution in [0.3, 0.4) is 0 Å². The number of ether oxygens (including phenoxy) is 1. The molecular formula is C18H15BrN2O3. The van der Waals surface area contributed by atoms with E-state index in [-0.39, 0.29) is 17.7 Å². The third-order valence-electron chi connectivity index (χ3n) is 3.61. The number of hydrogen-bond donors (Lipinski definition) is 0. The highest BCUT2D eigenvalue weighted by atomic mass is 79.9. The number of carbonyl (C=O) groups is 1. The van der Waals surface area contributed by atoms with E-state index in [9.17, 15) is 9.59 Å². The molecular weight excluding hydrogens is 372 g/mol. The van der Waals surface area contributed by atoms with Crippen molar-refractivity contribution in [2.75, 3.05) is 6.61 Å². The maximum atomic E-state index is 12.5. The van der Waals surface area contributed by atoms with Gasteiger partial charge in [-0.15, -0.1) is 0 Å². The lowest BCUT2D eigenvalue weighted by atomic mass is 10.1. The Balaban J connectivity index is 2.15. The lowest BCUT2D eigenvalue weighted by molar-refractivity contribution is 0.0524. The second-order valence-electron chi connectivity index (χ2n) is 5.21. The number of pyridine rings is 3. The van der Waals surface area contributed by atoms with E-state index < -0.39 is 5.97 Å². The Labute approximate surface area is 147 Å². The van der Waals surface area contributed by atoms with Gasteiger partial charge in [0.2, 0.25) is 0 Å². The van der Waals surface area contributed by atoms with Gasteiger partial charge in [0.1, 0.15) is 5.56 Å². The lowest BCUT2D eigenvalue weighted by Crippen LogP contribution is -2.24. The first-order chi connectivity index (χ1) is 11.6. The SMILES string of the molecule is CCOC(=O)c1cc(Cc2ccc(Br)cn2)c2ccccn2c1=O. The van der Waals surface area contributed by atoms with Crippen LogP contribution in [-0.2, 0) is 11.2 Å². The molecule has 0 saturated heterocycles. The van der Waals surface area contributed by atoms with Gasteiger partial charge in [-0.25, -0.2) is 4.79 Å². The number of fused-ring (bicyclic) bond motifs is 1. The van der Waals surface area contributed by atoms with Crippen LogP contribution in [0.1, 0.15) is 28.5 Å². The van der Waals surface area contributed by atoms with E-state index in [1.54, 1.807) is 31.5 Å². The second-order valence-corrected chi connectivity index (χ2v) is 6.12. The Hall–Kier alpha value is -2.47. The summed E-state index contributed by atoms with van der Waals surface area (Å²) in [5, 5.41) is 0. The van der Waals surface area contributed by atoms with Crippen molar-refractivity contribution in [3.63, 3.8) is 0 Å². The molecule has 5 nitrogen and oxygen atoms in total. The maximum absolute atomic E-state index is 12.5. The van der Waals surface area contributed by atoms with Crippen molar-refractivity contribution in [2.24, 2.45) is 0 Å². The van der Waals surface area contributed by atoms with E-state index in [2.05, 4.69) is 20.9 Å². The molecule has 3 rings (SSSR count). The Kier molecular flexibility index (Phi) is 4.76. The molecule has 24 heavy (non-hydrogen) atoms. The number of esters is 1. The molecule has 6 heteroatoms. The molecule has 0 amide bonds. The van der Waals surface area contributed by atoms with Crippen molar-refractivity contribution < 1.29 is 9.53 Å². The molecule has 3 aromatic rings. The topological polar surface area (TPSA) is 60.7 Å². The molecule has 122 valence electrons. The summed E-state index contributed by atoms with van der Waals surface area (Å²) in [5.41, 5.74) is 2.09. The zero-order chi connectivity index (χ0) is 17.1. The normalized spacial score (nSPS) is 10.8. The van der Waals surface area contributed by atoms with Crippen molar-refractivity contribution in [1.29, 1.82) is 0 Å². The van der Waals surface area contributed by atoms with Crippen LogP contribution in [0.25, 0.3) is 5.52 Å². The summed E-state index contributed by atoms with van der Waals surface area (Å²) in [4.78, 5) is 29.0. The summed E-state index contributed by atoms with van der Waals surface area (Å²) < 4.78 is 7.37. The quantitative estimate of drug-likeness (QED) is 0.645. The molecule has 0 aliphatic carbocycles. The molecule has 3 aromatic heterocycles. The number of hydrogen-bond acceptors (Lipinski definition) is 4. The third-order valence-corrected chi connectivity index (χ3v) is 4.08. The Morgan fingerprint density at radius 1 is 1.29 bits per heavy atom. The molecule has 0 atom stereocenters. The Morgan fingerprint density at radius 3 is 2.83 bits per heavy atom. The molecule has 0 N–H and O–H groups in total. The molecule has 0 bridgehead atoms. The minimum Gasteiger partial charge on any atom is -0.462 e. The van der Waals surface area contributed by atoms with Crippen LogP contribution in [0.5, 0.6) is 0 Å². The van der Waals surface area contributed by atoms with Gasteiger partial charge in [0.25, 0.3) is 5.56 Å². The molecule has 0 aromatic carbocycles. The molecule has 0 aliphatic rings. The lowest BCUT2D eigenvalue weighted by Gasteiger charge is -2.10. The molecule has 0 radical (unpaired) electrons. The van der Waals surface area contributed by atoms with Crippen LogP contribution < -0.4 is 5.56 Å². The van der Waals surface area contributed by atoms with Crippen molar-refractivity contribution in [3.05, 3.63) is 80.4 Å². The summed E-state index contributed by atoms with van der Waals surface area (Å²) in [5.74, 6) is -0.606. The van der Waals surface area contributed by atoms with Gasteiger partial charge >= 0.3 is 5.97 Å². The van der Waals surface area contributed by atoms with Crippen LogP contribution in [0.4, 0.5) is 0 Å². The van der Waals surface area contributed by atoms with Gasteiger partial charge in [-0.1, -0.05) is 6.07 Å². The highest BCUT2D eigenvalue weighted by molar-refractivity contribution is 9.10. The van der Waals surface area contributed by atoms with Crippen LogP contribution >= 0.6 is 15.9 Å². The van der Waals surface area contributed by atoms with Crippen LogP contribution in [0.15, 0.2) is 58.1 Å². The Morgan fingerprint density at radius 2 is 2.12 bits per heavy atom. The molecule has 0 aliphatic heterocycles. The number of rotatable bonds is 4. The summed E-state index contributed by atoms with van der Waals surface area (Å²) in [6, 6.07) is 10.9. The average Bonchev–Trinajstić information content (AvgIpc) is 2.59. The van der Waals surface area contributed by atoms with Gasteiger partial charge in [-0.2, -0.15) is 0 Å². The number of aromatic nitrogens is 2. The summed E-state index contributed by atoms with van der Waals surface area (Å²) in [6.07, 6.45) is 3.88. The fourth-order valence-electron chi connectivity index (χ4n) is 2.52. The number of nitrogens with zero attached hydrogens (tertiary/aromatic N) is 2. The van der Waals surface area contributed by atoms with Crippen molar-refractivity contribution in [1.82, 2.24) is 9.38 Å². The first kappa shape index (κ1) is 16.4. The first-order valence-corrected chi connectivity index (χ1v) is 8.30. The van der Waals surface area contributed by atoms with E-state index in [0.29, 0.717) is 6.42 Å². The van der Waals surface area contributed by atoms with Gasteiger partial charge in [-0.05, 0) is 58.7 Å². The van der Waals surface area contributed by atoms with E-state index in [1.165, 1.54) is 4.40 Å². The van der Waals surface area contributed by atoms with Crippen molar-refractivity contribution in [2.45, 2.75) is 13.3 Å². The fraction of sp³-hybridized carbons (Fsp3) is 0.167. The Bertz CT molecular complexity index is 949. The van der Waals surface area contributed by atoms with E-state index >= 15 is 0 Å². The second kappa shape index (κ2) is 6.97. The first-order valence-electron chi connectivity index (χ1n) is 7.51. The third kappa shape index (κ3) is 3.23. The zero-order valence-electron chi connectivity index (χ0n) is 13.0. The van der Waals surface area contributed by atoms with Gasteiger partial charge in [0, 0.05) is 29.0 Å². The predicted octanol–water partition coefficient (Wildman–Crippen LogP) is 3.22. The van der Waals surface area contributed by atoms with Crippen molar-refractivity contribution >= 4 is 27.4 Å². The zero-order valence-corrected chi connectivity index (χ0v) is 14.6. The highest BCUT2D eigenvalue weighted by Crippen LogP contribution is 2.16. The molecule has 0 unspecified atom stereocenters. The minimum atomic E-state index is -0.606.